The summed E-state index contributed by atoms with van der Waals surface area (Å²) in [5, 5.41) is 63.4. The van der Waals surface area contributed by atoms with E-state index in [1.165, 1.54) is 116 Å². The molecule has 0 atom stereocenters. The van der Waals surface area contributed by atoms with Gasteiger partial charge in [0.1, 0.15) is 0 Å². The summed E-state index contributed by atoms with van der Waals surface area (Å²) in [6.45, 7) is 6.61. The van der Waals surface area contributed by atoms with Crippen molar-refractivity contribution in [2.45, 2.75) is 289 Å². The summed E-state index contributed by atoms with van der Waals surface area (Å²) in [6.07, 6.45) is 36.3. The Balaban J connectivity index is 5.08. The second kappa shape index (κ2) is 39.4. The van der Waals surface area contributed by atoms with E-state index < -0.39 is 77.6 Å². The molecule has 0 aliphatic carbocycles. The van der Waals surface area contributed by atoms with Crippen LogP contribution in [-0.2, 0) is 22.8 Å². The van der Waals surface area contributed by atoms with E-state index in [2.05, 4.69) is 20.8 Å². The minimum atomic E-state index is -5.27. The van der Waals surface area contributed by atoms with Crippen LogP contribution >= 0.6 is 0 Å². The van der Waals surface area contributed by atoms with Gasteiger partial charge in [-0.1, -0.05) is 97.8 Å². The third-order valence-electron chi connectivity index (χ3n) is 11.6. The zero-order chi connectivity index (χ0) is 45.5. The van der Waals surface area contributed by atoms with Crippen molar-refractivity contribution >= 4 is 41.0 Å². The van der Waals surface area contributed by atoms with Crippen LogP contribution in [0.4, 0.5) is 0 Å². The second-order valence-electron chi connectivity index (χ2n) is 17.7. The van der Waals surface area contributed by atoms with E-state index in [4.69, 9.17) is 8.44 Å². The minimum Gasteiger partial charge on any atom is -0.0654 e. The van der Waals surface area contributed by atoms with E-state index in [0.717, 1.165) is 77.0 Å². The normalized spacial score (nSPS) is 12.3. The molecular formula is C48H93BiO12. The molecule has 0 aliphatic rings. The fourth-order valence-corrected chi connectivity index (χ4v) is 11.1. The van der Waals surface area contributed by atoms with Gasteiger partial charge >= 0.3 is 285 Å². The van der Waals surface area contributed by atoms with E-state index in [0.29, 0.717) is 19.3 Å². The SMILES string of the molecule is CCCCCCCCCCCCCCC(O)(O)C(=O)[O][Bi]([O]C(=O)C(O)(O)CCCCCCCCCCCCCC)[O]C(=O)C(O)(O)CCCCCCCCCCCCCC. The van der Waals surface area contributed by atoms with Gasteiger partial charge in [-0.05, 0) is 0 Å². The molecular weight excluding hydrogens is 977 g/mol. The molecule has 0 amide bonds. The monoisotopic (exact) mass is 1070 g/mol. The van der Waals surface area contributed by atoms with E-state index in [1.807, 2.05) is 0 Å². The molecule has 0 rings (SSSR count). The van der Waals surface area contributed by atoms with Crippen LogP contribution in [0.3, 0.4) is 0 Å². The van der Waals surface area contributed by atoms with Gasteiger partial charge in [0.25, 0.3) is 0 Å². The van der Waals surface area contributed by atoms with Crippen LogP contribution in [0.15, 0.2) is 0 Å². The first-order valence-electron chi connectivity index (χ1n) is 25.0. The Kier molecular flexibility index (Phi) is 38.8. The van der Waals surface area contributed by atoms with Crippen molar-refractivity contribution in [2.24, 2.45) is 0 Å². The van der Waals surface area contributed by atoms with E-state index in [1.54, 1.807) is 0 Å². The van der Waals surface area contributed by atoms with Crippen LogP contribution in [0.1, 0.15) is 271 Å². The maximum absolute atomic E-state index is 13.0. The molecule has 0 aliphatic heterocycles. The topological polar surface area (TPSA) is 200 Å². The van der Waals surface area contributed by atoms with Crippen LogP contribution < -0.4 is 0 Å². The molecule has 0 radical (unpaired) electrons. The van der Waals surface area contributed by atoms with Crippen molar-refractivity contribution in [3.05, 3.63) is 0 Å². The first-order chi connectivity index (χ1) is 29.2. The Hall–Kier alpha value is -0.947. The van der Waals surface area contributed by atoms with Gasteiger partial charge in [-0.15, -0.1) is 0 Å². The van der Waals surface area contributed by atoms with Crippen molar-refractivity contribution in [3.8, 4) is 0 Å². The molecule has 6 N–H and O–H groups in total. The van der Waals surface area contributed by atoms with E-state index in [-0.39, 0.29) is 19.3 Å². The molecule has 0 heterocycles. The number of hydrogen-bond acceptors (Lipinski definition) is 12. The zero-order valence-corrected chi connectivity index (χ0v) is 42.6. The average Bonchev–Trinajstić information content (AvgIpc) is 3.21. The average molecular weight is 1070 g/mol. The number of unbranched alkanes of at least 4 members (excludes halogenated alkanes) is 33. The second-order valence-corrected chi connectivity index (χ2v) is 21.6. The summed E-state index contributed by atoms with van der Waals surface area (Å²) in [5.41, 5.74) is 0. The molecule has 0 bridgehead atoms. The maximum atomic E-state index is 13.0. The molecule has 13 heteroatoms. The van der Waals surface area contributed by atoms with Crippen molar-refractivity contribution < 1.29 is 53.5 Å². The molecule has 362 valence electrons. The number of aliphatic hydroxyl groups is 6. The number of rotatable bonds is 45. The van der Waals surface area contributed by atoms with Gasteiger partial charge in [-0.3, -0.25) is 0 Å². The summed E-state index contributed by atoms with van der Waals surface area (Å²) >= 11 is -5.27. The molecule has 0 saturated heterocycles. The van der Waals surface area contributed by atoms with E-state index >= 15 is 0 Å². The van der Waals surface area contributed by atoms with Crippen molar-refractivity contribution in [1.82, 2.24) is 0 Å². The van der Waals surface area contributed by atoms with Gasteiger partial charge in [0.05, 0.1) is 0 Å². The molecule has 0 unspecified atom stereocenters. The van der Waals surface area contributed by atoms with Crippen LogP contribution in [0.5, 0.6) is 0 Å². The summed E-state index contributed by atoms with van der Waals surface area (Å²) in [6, 6.07) is 0. The molecule has 0 fully saturated rings. The van der Waals surface area contributed by atoms with E-state index in [9.17, 15) is 45.0 Å². The Labute approximate surface area is 381 Å². The Morgan fingerprint density at radius 2 is 0.443 bits per heavy atom. The van der Waals surface area contributed by atoms with Gasteiger partial charge in [0, 0.05) is 0 Å². The van der Waals surface area contributed by atoms with Gasteiger partial charge in [-0.25, -0.2) is 0 Å². The number of carbonyl (C=O) groups excluding carboxylic acids is 3. The Morgan fingerprint density at radius 1 is 0.295 bits per heavy atom. The predicted molar refractivity (Wildman–Crippen MR) is 243 cm³/mol. The summed E-state index contributed by atoms with van der Waals surface area (Å²) in [7, 11) is 0. The standard InChI is InChI=1S/3C16H32O4.Bi/c3*1-2-3-4-5-6-7-8-9-10-11-12-13-14-16(19,20)15(17)18;/h3*19-20H,2-14H2,1H3,(H,17,18);/q;;;+3/p-3. The van der Waals surface area contributed by atoms with Crippen LogP contribution in [-0.4, -0.2) is 89.0 Å². The van der Waals surface area contributed by atoms with Crippen LogP contribution in [0, 0.1) is 0 Å². The quantitative estimate of drug-likeness (QED) is 0.0192. The van der Waals surface area contributed by atoms with Crippen molar-refractivity contribution in [2.75, 3.05) is 0 Å². The van der Waals surface area contributed by atoms with Crippen LogP contribution in [0.2, 0.25) is 0 Å². The molecule has 61 heavy (non-hydrogen) atoms. The predicted octanol–water partition coefficient (Wildman–Crippen LogP) is 10.9. The van der Waals surface area contributed by atoms with Gasteiger partial charge in [0.15, 0.2) is 0 Å². The minimum absolute atomic E-state index is 0.281. The molecule has 0 aromatic rings. The van der Waals surface area contributed by atoms with Gasteiger partial charge in [-0.2, -0.15) is 0 Å². The first-order valence-corrected chi connectivity index (χ1v) is 29.3. The van der Waals surface area contributed by atoms with Gasteiger partial charge in [0.2, 0.25) is 0 Å². The molecule has 0 aromatic carbocycles. The van der Waals surface area contributed by atoms with Crippen LogP contribution in [0.25, 0.3) is 0 Å². The van der Waals surface area contributed by atoms with Gasteiger partial charge < -0.3 is 0 Å². The van der Waals surface area contributed by atoms with Crippen molar-refractivity contribution in [1.29, 1.82) is 0 Å². The molecule has 0 saturated carbocycles. The number of carbonyl (C=O) groups is 3. The first kappa shape index (κ1) is 60.1. The molecule has 12 nitrogen and oxygen atoms in total. The zero-order valence-electron chi connectivity index (χ0n) is 39.2. The molecule has 0 spiro atoms. The summed E-state index contributed by atoms with van der Waals surface area (Å²) in [5.74, 6) is -13.9. The fourth-order valence-electron chi connectivity index (χ4n) is 7.42. The number of hydrogen-bond donors (Lipinski definition) is 6. The molecule has 0 aromatic heterocycles. The fraction of sp³-hybridized carbons (Fsp3) is 0.938. The Bertz CT molecular complexity index is 925. The summed E-state index contributed by atoms with van der Waals surface area (Å²) in [4.78, 5) is 38.9. The Morgan fingerprint density at radius 3 is 0.607 bits per heavy atom. The van der Waals surface area contributed by atoms with Crippen molar-refractivity contribution in [3.63, 3.8) is 0 Å². The third-order valence-corrected chi connectivity index (χ3v) is 15.3. The summed E-state index contributed by atoms with van der Waals surface area (Å²) < 4.78 is 15.2. The third kappa shape index (κ3) is 35.1. The smallest absolute Gasteiger partial charge is 0.0654 e.